The van der Waals surface area contributed by atoms with E-state index in [1.165, 1.54) is 0 Å². The first kappa shape index (κ1) is 12.9. The summed E-state index contributed by atoms with van der Waals surface area (Å²) in [7, 11) is 6.01. The minimum atomic E-state index is 0.755. The van der Waals surface area contributed by atoms with Gasteiger partial charge in [-0.05, 0) is 23.2 Å². The van der Waals surface area contributed by atoms with E-state index < -0.39 is 0 Å². The zero-order valence-electron chi connectivity index (χ0n) is 12.9. The van der Waals surface area contributed by atoms with Crippen LogP contribution < -0.4 is 4.68 Å². The van der Waals surface area contributed by atoms with Gasteiger partial charge in [0.2, 0.25) is 5.69 Å². The number of amidine groups is 1. The Morgan fingerprint density at radius 2 is 1.73 bits per heavy atom. The lowest BCUT2D eigenvalue weighted by Gasteiger charge is -1.93. The summed E-state index contributed by atoms with van der Waals surface area (Å²) in [5.41, 5.74) is 3.31. The van der Waals surface area contributed by atoms with Gasteiger partial charge in [-0.15, -0.1) is 0 Å². The Bertz CT molecular complexity index is 962. The van der Waals surface area contributed by atoms with Crippen LogP contribution in [-0.4, -0.2) is 22.3 Å². The van der Waals surface area contributed by atoms with Gasteiger partial charge in [0.05, 0.1) is 10.9 Å². The number of para-hydroxylation sites is 2. The molecule has 5 nitrogen and oxygen atoms in total. The number of fused-ring (bicyclic) bond motifs is 2. The number of benzene rings is 2. The van der Waals surface area contributed by atoms with E-state index in [1.54, 1.807) is 0 Å². The normalized spacial score (nSPS) is 15.4. The van der Waals surface area contributed by atoms with Gasteiger partial charge in [-0.1, -0.05) is 29.0 Å². The SMILES string of the molecule is Cn1c2ccccc2c(N=C2N=[N+](C)c3ccccc32)[n+]1C. The molecular formula is C17H17N5+2. The van der Waals surface area contributed by atoms with Crippen molar-refractivity contribution in [3.8, 4) is 0 Å². The second-order valence-corrected chi connectivity index (χ2v) is 5.46. The number of aryl methyl sites for hydroxylation is 1. The quantitative estimate of drug-likeness (QED) is 0.618. The van der Waals surface area contributed by atoms with Crippen LogP contribution in [0.5, 0.6) is 0 Å². The highest BCUT2D eigenvalue weighted by molar-refractivity contribution is 6.06. The van der Waals surface area contributed by atoms with Crippen molar-refractivity contribution in [3.63, 3.8) is 0 Å². The standard InChI is InChI=1S/C17H17N5/c1-20-14-10-6-4-8-12(14)16(19-20)18-17-13-9-5-7-11-15(13)21(2)22(17)3/h4-11H,1-3H3/q+2. The van der Waals surface area contributed by atoms with Gasteiger partial charge in [-0.25, -0.2) is 4.68 Å². The molecule has 0 fully saturated rings. The molecule has 0 atom stereocenters. The molecule has 0 bridgehead atoms. The monoisotopic (exact) mass is 291 g/mol. The van der Waals surface area contributed by atoms with E-state index in [2.05, 4.69) is 34.1 Å². The van der Waals surface area contributed by atoms with Crippen LogP contribution in [0.4, 0.5) is 11.5 Å². The van der Waals surface area contributed by atoms with Gasteiger partial charge < -0.3 is 0 Å². The Hall–Kier alpha value is -2.82. The average molecular weight is 291 g/mol. The molecule has 0 unspecified atom stereocenters. The largest absolute Gasteiger partial charge is 0.353 e. The molecule has 2 aromatic carbocycles. The molecule has 2 heterocycles. The molecule has 0 radical (unpaired) electrons. The first-order chi connectivity index (χ1) is 10.7. The Kier molecular flexibility index (Phi) is 2.69. The number of aromatic nitrogens is 2. The number of aliphatic imine (C=N–C) groups is 1. The van der Waals surface area contributed by atoms with Crippen molar-refractivity contribution >= 4 is 28.2 Å². The van der Waals surface area contributed by atoms with E-state index in [4.69, 9.17) is 4.99 Å². The molecule has 0 aliphatic carbocycles. The van der Waals surface area contributed by atoms with Crippen LogP contribution in [0.3, 0.4) is 0 Å². The second-order valence-electron chi connectivity index (χ2n) is 5.46. The predicted octanol–water partition coefficient (Wildman–Crippen LogP) is 2.82. The van der Waals surface area contributed by atoms with Gasteiger partial charge in [-0.2, -0.15) is 4.68 Å². The van der Waals surface area contributed by atoms with E-state index >= 15 is 0 Å². The summed E-state index contributed by atoms with van der Waals surface area (Å²) in [5.74, 6) is 1.67. The first-order valence-electron chi connectivity index (χ1n) is 7.24. The summed E-state index contributed by atoms with van der Waals surface area (Å²) >= 11 is 0. The van der Waals surface area contributed by atoms with Gasteiger partial charge in [0.1, 0.15) is 12.6 Å². The third-order valence-corrected chi connectivity index (χ3v) is 4.20. The van der Waals surface area contributed by atoms with Crippen molar-refractivity contribution in [1.82, 2.24) is 4.68 Å². The molecule has 0 saturated carbocycles. The maximum absolute atomic E-state index is 4.85. The fraction of sp³-hybridized carbons (Fsp3) is 0.176. The van der Waals surface area contributed by atoms with Crippen LogP contribution in [0.1, 0.15) is 5.56 Å². The molecule has 0 amide bonds. The Morgan fingerprint density at radius 3 is 2.59 bits per heavy atom. The first-order valence-corrected chi connectivity index (χ1v) is 7.24. The van der Waals surface area contributed by atoms with Crippen LogP contribution in [-0.2, 0) is 14.1 Å². The highest BCUT2D eigenvalue weighted by Gasteiger charge is 2.32. The minimum absolute atomic E-state index is 0.755. The summed E-state index contributed by atoms with van der Waals surface area (Å²) in [4.78, 5) is 4.85. The molecule has 0 spiro atoms. The third-order valence-electron chi connectivity index (χ3n) is 4.20. The maximum Gasteiger partial charge on any atom is 0.353 e. The second kappa shape index (κ2) is 4.59. The highest BCUT2D eigenvalue weighted by Crippen LogP contribution is 2.29. The third kappa shape index (κ3) is 1.72. The fourth-order valence-corrected chi connectivity index (χ4v) is 2.93. The van der Waals surface area contributed by atoms with E-state index in [0.717, 1.165) is 33.8 Å². The van der Waals surface area contributed by atoms with Crippen molar-refractivity contribution in [2.24, 2.45) is 24.2 Å². The number of rotatable bonds is 1. The van der Waals surface area contributed by atoms with Gasteiger partial charge in [0.25, 0.3) is 0 Å². The number of nitrogens with zero attached hydrogens (tertiary/aromatic N) is 5. The number of hydrogen-bond donors (Lipinski definition) is 0. The van der Waals surface area contributed by atoms with Crippen molar-refractivity contribution < 1.29 is 9.38 Å². The predicted molar refractivity (Wildman–Crippen MR) is 85.0 cm³/mol. The Labute approximate surface area is 128 Å². The molecule has 4 rings (SSSR count). The van der Waals surface area contributed by atoms with Crippen LogP contribution in [0, 0.1) is 0 Å². The molecule has 1 aliphatic heterocycles. The molecule has 1 aromatic heterocycles. The van der Waals surface area contributed by atoms with Crippen LogP contribution >= 0.6 is 0 Å². The summed E-state index contributed by atoms with van der Waals surface area (Å²) < 4.78 is 6.02. The van der Waals surface area contributed by atoms with Crippen LogP contribution in [0.15, 0.2) is 58.6 Å². The lowest BCUT2D eigenvalue weighted by Crippen LogP contribution is -2.37. The van der Waals surface area contributed by atoms with E-state index in [0.29, 0.717) is 0 Å². The summed E-state index contributed by atoms with van der Waals surface area (Å²) in [5, 5.41) is 5.70. The minimum Gasteiger partial charge on any atom is -0.219 e. The summed E-state index contributed by atoms with van der Waals surface area (Å²) in [6.45, 7) is 0. The van der Waals surface area contributed by atoms with E-state index in [-0.39, 0.29) is 0 Å². The molecule has 0 N–H and O–H groups in total. The zero-order chi connectivity index (χ0) is 15.3. The van der Waals surface area contributed by atoms with Gasteiger partial charge in [0.15, 0.2) is 7.05 Å². The molecule has 3 aromatic rings. The molecule has 1 aliphatic rings. The van der Waals surface area contributed by atoms with Crippen molar-refractivity contribution in [3.05, 3.63) is 54.1 Å². The molecular weight excluding hydrogens is 274 g/mol. The number of azo groups is 2. The Balaban J connectivity index is 1.98. The van der Waals surface area contributed by atoms with Crippen molar-refractivity contribution in [2.75, 3.05) is 7.05 Å². The fourth-order valence-electron chi connectivity index (χ4n) is 2.93. The van der Waals surface area contributed by atoms with E-state index in [9.17, 15) is 0 Å². The van der Waals surface area contributed by atoms with Crippen LogP contribution in [0.25, 0.3) is 10.9 Å². The van der Waals surface area contributed by atoms with Gasteiger partial charge in [-0.3, -0.25) is 0 Å². The molecule has 108 valence electrons. The van der Waals surface area contributed by atoms with Crippen molar-refractivity contribution in [1.29, 1.82) is 0 Å². The van der Waals surface area contributed by atoms with E-state index in [1.807, 2.05) is 54.8 Å². The average Bonchev–Trinajstić information content (AvgIpc) is 2.99. The lowest BCUT2D eigenvalue weighted by molar-refractivity contribution is -0.736. The summed E-state index contributed by atoms with van der Waals surface area (Å²) in [6, 6.07) is 16.4. The smallest absolute Gasteiger partial charge is 0.219 e. The molecule has 0 saturated heterocycles. The molecule has 22 heavy (non-hydrogen) atoms. The van der Waals surface area contributed by atoms with Crippen molar-refractivity contribution in [2.45, 2.75) is 0 Å². The van der Waals surface area contributed by atoms with Crippen LogP contribution in [0.2, 0.25) is 0 Å². The maximum atomic E-state index is 4.85. The summed E-state index contributed by atoms with van der Waals surface area (Å²) in [6.07, 6.45) is 0. The molecule has 5 heteroatoms. The van der Waals surface area contributed by atoms with Gasteiger partial charge >= 0.3 is 11.7 Å². The zero-order valence-corrected chi connectivity index (χ0v) is 12.9. The number of hydrogen-bond acceptors (Lipinski definition) is 1. The highest BCUT2D eigenvalue weighted by atomic mass is 15.4. The van der Waals surface area contributed by atoms with Gasteiger partial charge in [0, 0.05) is 18.2 Å². The Morgan fingerprint density at radius 1 is 1.00 bits per heavy atom. The topological polar surface area (TPSA) is 36.5 Å². The lowest BCUT2D eigenvalue weighted by atomic mass is 10.2.